The molecule has 0 radical (unpaired) electrons. The van der Waals surface area contributed by atoms with Gasteiger partial charge in [-0.25, -0.2) is 0 Å². The van der Waals surface area contributed by atoms with E-state index in [4.69, 9.17) is 18.6 Å². The Hall–Kier alpha value is -1.98. The number of morpholine rings is 1. The van der Waals surface area contributed by atoms with Crippen LogP contribution in [0.1, 0.15) is 23.2 Å². The molecule has 1 aromatic heterocycles. The number of furan rings is 1. The van der Waals surface area contributed by atoms with Crippen LogP contribution in [0.2, 0.25) is 0 Å². The summed E-state index contributed by atoms with van der Waals surface area (Å²) in [6.07, 6.45) is -0.00223. The molecule has 0 unspecified atom stereocenters. The zero-order chi connectivity index (χ0) is 16.2. The minimum Gasteiger partial charge on any atom is -0.493 e. The first-order valence-corrected chi connectivity index (χ1v) is 7.81. The maximum Gasteiger partial charge on any atom is 0.161 e. The standard InChI is InChI=1S/C18H23NO4/c1-13-4-6-16(23-13)18-12-19(8-9-22-18)11-14-5-7-15(20-2)17(10-14)21-3/h4-7,10,18H,8-9,11-12H2,1-3H3/t18-/m1/s1. The van der Waals surface area contributed by atoms with Gasteiger partial charge in [-0.15, -0.1) is 0 Å². The number of methoxy groups -OCH3 is 2. The Kier molecular flexibility index (Phi) is 4.88. The lowest BCUT2D eigenvalue weighted by molar-refractivity contribution is -0.0430. The molecule has 0 saturated carbocycles. The lowest BCUT2D eigenvalue weighted by Gasteiger charge is -2.32. The Bertz CT molecular complexity index is 652. The number of rotatable bonds is 5. The molecule has 1 aliphatic heterocycles. The summed E-state index contributed by atoms with van der Waals surface area (Å²) in [4.78, 5) is 2.37. The van der Waals surface area contributed by atoms with Gasteiger partial charge in [0, 0.05) is 19.6 Å². The fourth-order valence-corrected chi connectivity index (χ4v) is 2.88. The molecule has 5 nitrogen and oxygen atoms in total. The van der Waals surface area contributed by atoms with E-state index >= 15 is 0 Å². The quantitative estimate of drug-likeness (QED) is 0.847. The van der Waals surface area contributed by atoms with Gasteiger partial charge in [0.2, 0.25) is 0 Å². The van der Waals surface area contributed by atoms with Gasteiger partial charge < -0.3 is 18.6 Å². The van der Waals surface area contributed by atoms with Crippen molar-refractivity contribution in [3.63, 3.8) is 0 Å². The van der Waals surface area contributed by atoms with Crippen molar-refractivity contribution in [2.24, 2.45) is 0 Å². The highest BCUT2D eigenvalue weighted by molar-refractivity contribution is 5.42. The van der Waals surface area contributed by atoms with Gasteiger partial charge in [0.05, 0.1) is 20.8 Å². The van der Waals surface area contributed by atoms with Gasteiger partial charge in [-0.05, 0) is 36.8 Å². The van der Waals surface area contributed by atoms with E-state index in [9.17, 15) is 0 Å². The molecule has 124 valence electrons. The fraction of sp³-hybridized carbons (Fsp3) is 0.444. The van der Waals surface area contributed by atoms with Crippen molar-refractivity contribution in [2.45, 2.75) is 19.6 Å². The SMILES string of the molecule is COc1ccc(CN2CCO[C@@H](c3ccc(C)o3)C2)cc1OC. The second kappa shape index (κ2) is 7.06. The lowest BCUT2D eigenvalue weighted by Crippen LogP contribution is -2.37. The molecule has 3 rings (SSSR count). The van der Waals surface area contributed by atoms with E-state index in [-0.39, 0.29) is 6.10 Å². The monoisotopic (exact) mass is 317 g/mol. The third-order valence-corrected chi connectivity index (χ3v) is 4.08. The van der Waals surface area contributed by atoms with E-state index in [1.165, 1.54) is 5.56 Å². The smallest absolute Gasteiger partial charge is 0.161 e. The molecule has 1 aromatic carbocycles. The van der Waals surface area contributed by atoms with Crippen molar-refractivity contribution in [2.75, 3.05) is 33.9 Å². The van der Waals surface area contributed by atoms with Crippen LogP contribution in [0, 0.1) is 6.92 Å². The topological polar surface area (TPSA) is 44.1 Å². The molecule has 1 saturated heterocycles. The van der Waals surface area contributed by atoms with E-state index in [1.807, 2.05) is 31.2 Å². The highest BCUT2D eigenvalue weighted by Crippen LogP contribution is 2.29. The first-order valence-electron chi connectivity index (χ1n) is 7.81. The van der Waals surface area contributed by atoms with Crippen molar-refractivity contribution >= 4 is 0 Å². The summed E-state index contributed by atoms with van der Waals surface area (Å²) >= 11 is 0. The van der Waals surface area contributed by atoms with Gasteiger partial charge in [0.25, 0.3) is 0 Å². The Balaban J connectivity index is 1.68. The zero-order valence-electron chi connectivity index (χ0n) is 13.9. The minimum atomic E-state index is -0.00223. The highest BCUT2D eigenvalue weighted by Gasteiger charge is 2.24. The molecule has 2 heterocycles. The highest BCUT2D eigenvalue weighted by atomic mass is 16.5. The Morgan fingerprint density at radius 2 is 1.96 bits per heavy atom. The first kappa shape index (κ1) is 15.9. The molecule has 0 spiro atoms. The Labute approximate surface area is 136 Å². The van der Waals surface area contributed by atoms with Crippen LogP contribution in [-0.4, -0.2) is 38.8 Å². The number of aryl methyl sites for hydroxylation is 1. The number of hydrogen-bond acceptors (Lipinski definition) is 5. The molecule has 0 aliphatic carbocycles. The van der Waals surface area contributed by atoms with Crippen molar-refractivity contribution in [1.82, 2.24) is 4.90 Å². The Morgan fingerprint density at radius 3 is 2.65 bits per heavy atom. The molecule has 1 atom stereocenters. The van der Waals surface area contributed by atoms with E-state index in [0.29, 0.717) is 6.61 Å². The molecule has 23 heavy (non-hydrogen) atoms. The van der Waals surface area contributed by atoms with Crippen molar-refractivity contribution in [3.8, 4) is 11.5 Å². The number of ether oxygens (including phenoxy) is 3. The van der Waals surface area contributed by atoms with E-state index in [0.717, 1.165) is 42.7 Å². The van der Waals surface area contributed by atoms with E-state index in [2.05, 4.69) is 11.0 Å². The van der Waals surface area contributed by atoms with Crippen LogP contribution in [0.4, 0.5) is 0 Å². The predicted octanol–water partition coefficient (Wildman–Crippen LogP) is 3.18. The van der Waals surface area contributed by atoms with Gasteiger partial charge in [0.15, 0.2) is 11.5 Å². The molecule has 5 heteroatoms. The van der Waals surface area contributed by atoms with Crippen molar-refractivity contribution in [1.29, 1.82) is 0 Å². The number of benzene rings is 1. The molecule has 1 fully saturated rings. The lowest BCUT2D eigenvalue weighted by atomic mass is 10.1. The van der Waals surface area contributed by atoms with Gasteiger partial charge in [0.1, 0.15) is 17.6 Å². The molecule has 0 amide bonds. The summed E-state index contributed by atoms with van der Waals surface area (Å²) < 4.78 is 22.2. The maximum absolute atomic E-state index is 5.85. The molecule has 0 bridgehead atoms. The molecule has 1 aliphatic rings. The third kappa shape index (κ3) is 3.68. The largest absolute Gasteiger partial charge is 0.493 e. The normalized spacial score (nSPS) is 18.8. The second-order valence-electron chi connectivity index (χ2n) is 5.73. The van der Waals surface area contributed by atoms with Crippen molar-refractivity contribution in [3.05, 3.63) is 47.4 Å². The van der Waals surface area contributed by atoms with Gasteiger partial charge in [-0.1, -0.05) is 6.07 Å². The average molecular weight is 317 g/mol. The van der Waals surface area contributed by atoms with Crippen LogP contribution in [0.5, 0.6) is 11.5 Å². The summed E-state index contributed by atoms with van der Waals surface area (Å²) in [7, 11) is 3.31. The molecular weight excluding hydrogens is 294 g/mol. The average Bonchev–Trinajstić information content (AvgIpc) is 3.01. The van der Waals surface area contributed by atoms with E-state index in [1.54, 1.807) is 14.2 Å². The van der Waals surface area contributed by atoms with Crippen LogP contribution in [0.25, 0.3) is 0 Å². The summed E-state index contributed by atoms with van der Waals surface area (Å²) in [5, 5.41) is 0. The van der Waals surface area contributed by atoms with Crippen LogP contribution in [0.3, 0.4) is 0 Å². The fourth-order valence-electron chi connectivity index (χ4n) is 2.88. The van der Waals surface area contributed by atoms with E-state index < -0.39 is 0 Å². The van der Waals surface area contributed by atoms with Crippen LogP contribution in [-0.2, 0) is 11.3 Å². The van der Waals surface area contributed by atoms with Crippen LogP contribution >= 0.6 is 0 Å². The first-order chi connectivity index (χ1) is 11.2. The predicted molar refractivity (Wildman–Crippen MR) is 87.0 cm³/mol. The summed E-state index contributed by atoms with van der Waals surface area (Å²) in [5.74, 6) is 3.33. The van der Waals surface area contributed by atoms with Gasteiger partial charge >= 0.3 is 0 Å². The van der Waals surface area contributed by atoms with Gasteiger partial charge in [-0.2, -0.15) is 0 Å². The molecule has 2 aromatic rings. The zero-order valence-corrected chi connectivity index (χ0v) is 13.9. The summed E-state index contributed by atoms with van der Waals surface area (Å²) in [6.45, 7) is 5.23. The summed E-state index contributed by atoms with van der Waals surface area (Å²) in [6, 6.07) is 10.0. The minimum absolute atomic E-state index is 0.00223. The Morgan fingerprint density at radius 1 is 1.13 bits per heavy atom. The third-order valence-electron chi connectivity index (χ3n) is 4.08. The number of hydrogen-bond donors (Lipinski definition) is 0. The summed E-state index contributed by atoms with van der Waals surface area (Å²) in [5.41, 5.74) is 1.19. The maximum atomic E-state index is 5.85. The van der Waals surface area contributed by atoms with Crippen molar-refractivity contribution < 1.29 is 18.6 Å². The number of nitrogens with zero attached hydrogens (tertiary/aromatic N) is 1. The van der Waals surface area contributed by atoms with Crippen LogP contribution < -0.4 is 9.47 Å². The molecular formula is C18H23NO4. The van der Waals surface area contributed by atoms with Crippen LogP contribution in [0.15, 0.2) is 34.7 Å². The molecule has 0 N–H and O–H groups in total. The second-order valence-corrected chi connectivity index (χ2v) is 5.73. The van der Waals surface area contributed by atoms with Gasteiger partial charge in [-0.3, -0.25) is 4.90 Å².